The quantitative estimate of drug-likeness (QED) is 0.821. The second-order valence-corrected chi connectivity index (χ2v) is 6.34. The van der Waals surface area contributed by atoms with Crippen LogP contribution in [0.2, 0.25) is 0 Å². The molecule has 1 N–H and O–H groups in total. The third-order valence-corrected chi connectivity index (χ3v) is 4.49. The van der Waals surface area contributed by atoms with Crippen LogP contribution in [-0.4, -0.2) is 73.7 Å². The summed E-state index contributed by atoms with van der Waals surface area (Å²) >= 11 is 0. The van der Waals surface area contributed by atoms with Crippen LogP contribution in [0.15, 0.2) is 24.3 Å². The lowest BCUT2D eigenvalue weighted by Gasteiger charge is -2.34. The Kier molecular flexibility index (Phi) is 6.75. The Bertz CT molecular complexity index is 559. The first-order valence-corrected chi connectivity index (χ1v) is 8.29. The van der Waals surface area contributed by atoms with Crippen molar-refractivity contribution in [3.63, 3.8) is 0 Å². The molecule has 1 aliphatic heterocycles. The van der Waals surface area contributed by atoms with E-state index >= 15 is 0 Å². The molecular formula is C18H26N2O4. The highest BCUT2D eigenvalue weighted by molar-refractivity contribution is 5.87. The average molecular weight is 334 g/mol. The molecule has 0 radical (unpaired) electrons. The lowest BCUT2D eigenvalue weighted by atomic mass is 9.90. The van der Waals surface area contributed by atoms with Crippen LogP contribution in [-0.2, 0) is 9.53 Å². The molecule has 0 aliphatic carbocycles. The second-order valence-electron chi connectivity index (χ2n) is 6.34. The Labute approximate surface area is 143 Å². The number of piperidine rings is 1. The molecule has 1 atom stereocenters. The SMILES string of the molecule is COCCN(C)CC(=O)N1CCC[C@H](c2ccc(C(=O)O)cc2)C1. The lowest BCUT2D eigenvalue weighted by Crippen LogP contribution is -2.44. The summed E-state index contributed by atoms with van der Waals surface area (Å²) in [5, 5.41) is 8.98. The van der Waals surface area contributed by atoms with Gasteiger partial charge < -0.3 is 14.7 Å². The molecule has 1 aliphatic rings. The molecule has 6 heteroatoms. The van der Waals surface area contributed by atoms with E-state index in [4.69, 9.17) is 9.84 Å². The van der Waals surface area contributed by atoms with Gasteiger partial charge in [0.05, 0.1) is 18.7 Å². The van der Waals surface area contributed by atoms with Crippen molar-refractivity contribution >= 4 is 11.9 Å². The maximum Gasteiger partial charge on any atom is 0.335 e. The number of rotatable bonds is 7. The van der Waals surface area contributed by atoms with E-state index in [2.05, 4.69) is 0 Å². The number of methoxy groups -OCH3 is 1. The second kappa shape index (κ2) is 8.80. The number of aromatic carboxylic acids is 1. The highest BCUT2D eigenvalue weighted by Gasteiger charge is 2.25. The van der Waals surface area contributed by atoms with Gasteiger partial charge in [-0.1, -0.05) is 12.1 Å². The Morgan fingerprint density at radius 3 is 2.67 bits per heavy atom. The van der Waals surface area contributed by atoms with E-state index < -0.39 is 5.97 Å². The minimum atomic E-state index is -0.916. The molecule has 0 unspecified atom stereocenters. The smallest absolute Gasteiger partial charge is 0.335 e. The summed E-state index contributed by atoms with van der Waals surface area (Å²) in [6.07, 6.45) is 1.99. The number of carbonyl (C=O) groups is 2. The molecule has 0 spiro atoms. The molecular weight excluding hydrogens is 308 g/mol. The zero-order valence-corrected chi connectivity index (χ0v) is 14.4. The number of nitrogens with zero attached hydrogens (tertiary/aromatic N) is 2. The zero-order chi connectivity index (χ0) is 17.5. The Hall–Kier alpha value is -1.92. The lowest BCUT2D eigenvalue weighted by molar-refractivity contribution is -0.133. The Balaban J connectivity index is 1.93. The molecule has 6 nitrogen and oxygen atoms in total. The number of benzene rings is 1. The number of likely N-dealkylation sites (N-methyl/N-ethyl adjacent to an activating group) is 1. The van der Waals surface area contributed by atoms with Crippen LogP contribution in [0.3, 0.4) is 0 Å². The van der Waals surface area contributed by atoms with Crippen LogP contribution in [0.1, 0.15) is 34.7 Å². The molecule has 0 saturated carbocycles. The first kappa shape index (κ1) is 18.4. The molecule has 132 valence electrons. The fourth-order valence-corrected chi connectivity index (χ4v) is 3.03. The standard InChI is InChI=1S/C18H26N2O4/c1-19(10-11-24-2)13-17(21)20-9-3-4-16(12-20)14-5-7-15(8-6-14)18(22)23/h5-8,16H,3-4,9-13H2,1-2H3,(H,22,23)/t16-/m0/s1. The van der Waals surface area contributed by atoms with Crippen LogP contribution < -0.4 is 0 Å². The highest BCUT2D eigenvalue weighted by Crippen LogP contribution is 2.27. The Morgan fingerprint density at radius 1 is 1.33 bits per heavy atom. The number of likely N-dealkylation sites (tertiary alicyclic amines) is 1. The summed E-state index contributed by atoms with van der Waals surface area (Å²) in [5.74, 6) is -0.503. The summed E-state index contributed by atoms with van der Waals surface area (Å²) in [5.41, 5.74) is 1.40. The van der Waals surface area contributed by atoms with Crippen molar-refractivity contribution in [3.05, 3.63) is 35.4 Å². The van der Waals surface area contributed by atoms with Crippen LogP contribution in [0.4, 0.5) is 0 Å². The van der Waals surface area contributed by atoms with Crippen LogP contribution >= 0.6 is 0 Å². The van der Waals surface area contributed by atoms with Crippen molar-refractivity contribution in [1.29, 1.82) is 0 Å². The van der Waals surface area contributed by atoms with E-state index in [0.29, 0.717) is 25.3 Å². The van der Waals surface area contributed by atoms with Gasteiger partial charge >= 0.3 is 5.97 Å². The van der Waals surface area contributed by atoms with Gasteiger partial charge in [-0.15, -0.1) is 0 Å². The number of hydrogen-bond acceptors (Lipinski definition) is 4. The van der Waals surface area contributed by atoms with Gasteiger partial charge in [-0.3, -0.25) is 9.69 Å². The van der Waals surface area contributed by atoms with Crippen molar-refractivity contribution in [2.75, 3.05) is 46.9 Å². The van der Waals surface area contributed by atoms with E-state index in [9.17, 15) is 9.59 Å². The first-order chi connectivity index (χ1) is 11.5. The summed E-state index contributed by atoms with van der Waals surface area (Å²) < 4.78 is 5.03. The largest absolute Gasteiger partial charge is 0.478 e. The summed E-state index contributed by atoms with van der Waals surface area (Å²) in [6, 6.07) is 7.01. The number of carbonyl (C=O) groups excluding carboxylic acids is 1. The van der Waals surface area contributed by atoms with Gasteiger partial charge in [-0.25, -0.2) is 4.79 Å². The highest BCUT2D eigenvalue weighted by atomic mass is 16.5. The number of hydrogen-bond donors (Lipinski definition) is 1. The number of carboxylic acid groups (broad SMARTS) is 1. The molecule has 1 aromatic carbocycles. The van der Waals surface area contributed by atoms with Crippen LogP contribution in [0.5, 0.6) is 0 Å². The molecule has 24 heavy (non-hydrogen) atoms. The number of ether oxygens (including phenoxy) is 1. The van der Waals surface area contributed by atoms with Crippen LogP contribution in [0.25, 0.3) is 0 Å². The maximum atomic E-state index is 12.5. The predicted molar refractivity (Wildman–Crippen MR) is 91.3 cm³/mol. The average Bonchev–Trinajstić information content (AvgIpc) is 2.60. The molecule has 1 amide bonds. The molecule has 1 saturated heterocycles. The van der Waals surface area contributed by atoms with Crippen molar-refractivity contribution in [1.82, 2.24) is 9.80 Å². The molecule has 0 bridgehead atoms. The van der Waals surface area contributed by atoms with Crippen molar-refractivity contribution in [2.24, 2.45) is 0 Å². The third kappa shape index (κ3) is 5.04. The van der Waals surface area contributed by atoms with Gasteiger partial charge in [0.25, 0.3) is 0 Å². The van der Waals surface area contributed by atoms with E-state index in [0.717, 1.165) is 31.5 Å². The van der Waals surface area contributed by atoms with Crippen molar-refractivity contribution in [3.8, 4) is 0 Å². The van der Waals surface area contributed by atoms with E-state index in [1.807, 2.05) is 29.0 Å². The van der Waals surface area contributed by atoms with E-state index in [1.165, 1.54) is 0 Å². The molecule has 1 heterocycles. The van der Waals surface area contributed by atoms with Gasteiger partial charge in [0, 0.05) is 32.7 Å². The number of carboxylic acids is 1. The molecule has 1 aromatic rings. The Morgan fingerprint density at radius 2 is 2.04 bits per heavy atom. The van der Waals surface area contributed by atoms with E-state index in [1.54, 1.807) is 19.2 Å². The number of amides is 1. The molecule has 2 rings (SSSR count). The molecule has 1 fully saturated rings. The minimum Gasteiger partial charge on any atom is -0.478 e. The molecule has 0 aromatic heterocycles. The summed E-state index contributed by atoms with van der Waals surface area (Å²) in [4.78, 5) is 27.3. The van der Waals surface area contributed by atoms with Gasteiger partial charge in [-0.05, 0) is 37.6 Å². The first-order valence-electron chi connectivity index (χ1n) is 8.29. The van der Waals surface area contributed by atoms with Gasteiger partial charge in [0.15, 0.2) is 0 Å². The monoisotopic (exact) mass is 334 g/mol. The third-order valence-electron chi connectivity index (χ3n) is 4.49. The topological polar surface area (TPSA) is 70.1 Å². The van der Waals surface area contributed by atoms with Gasteiger partial charge in [-0.2, -0.15) is 0 Å². The summed E-state index contributed by atoms with van der Waals surface area (Å²) in [7, 11) is 3.57. The van der Waals surface area contributed by atoms with E-state index in [-0.39, 0.29) is 11.8 Å². The van der Waals surface area contributed by atoms with Crippen molar-refractivity contribution in [2.45, 2.75) is 18.8 Å². The fraction of sp³-hybridized carbons (Fsp3) is 0.556. The van der Waals surface area contributed by atoms with Gasteiger partial charge in [0.1, 0.15) is 0 Å². The van der Waals surface area contributed by atoms with Crippen molar-refractivity contribution < 1.29 is 19.4 Å². The summed E-state index contributed by atoms with van der Waals surface area (Å²) in [6.45, 7) is 3.23. The zero-order valence-electron chi connectivity index (χ0n) is 14.4. The fourth-order valence-electron chi connectivity index (χ4n) is 3.03. The van der Waals surface area contributed by atoms with Crippen LogP contribution in [0, 0.1) is 0 Å². The minimum absolute atomic E-state index is 0.139. The predicted octanol–water partition coefficient (Wildman–Crippen LogP) is 1.67. The maximum absolute atomic E-state index is 12.5. The normalized spacial score (nSPS) is 18.0. The van der Waals surface area contributed by atoms with Gasteiger partial charge in [0.2, 0.25) is 5.91 Å².